The topological polar surface area (TPSA) is 108 Å². The number of aromatic hydroxyl groups is 1. The lowest BCUT2D eigenvalue weighted by atomic mass is 9.97. The summed E-state index contributed by atoms with van der Waals surface area (Å²) >= 11 is 0. The second-order valence-corrected chi connectivity index (χ2v) is 11.0. The van der Waals surface area contributed by atoms with E-state index in [4.69, 9.17) is 4.74 Å². The Hall–Kier alpha value is -2.77. The van der Waals surface area contributed by atoms with Crippen LogP contribution in [0.15, 0.2) is 24.3 Å². The van der Waals surface area contributed by atoms with Gasteiger partial charge >= 0.3 is 6.09 Å². The number of alkyl carbamates (subject to hydrolysis) is 1. The number of nitrogens with zero attached hydrogens (tertiary/aromatic N) is 1. The first-order chi connectivity index (χ1) is 15.1. The van der Waals surface area contributed by atoms with E-state index < -0.39 is 29.3 Å². The van der Waals surface area contributed by atoms with Gasteiger partial charge in [0.1, 0.15) is 23.4 Å². The van der Waals surface area contributed by atoms with Crippen molar-refractivity contribution in [2.75, 3.05) is 0 Å². The largest absolute Gasteiger partial charge is 0.508 e. The van der Waals surface area contributed by atoms with Crippen molar-refractivity contribution in [3.63, 3.8) is 0 Å². The quantitative estimate of drug-likeness (QED) is 0.571. The van der Waals surface area contributed by atoms with Crippen LogP contribution < -0.4 is 10.6 Å². The van der Waals surface area contributed by atoms with E-state index in [1.807, 2.05) is 34.6 Å². The van der Waals surface area contributed by atoms with E-state index in [-0.39, 0.29) is 29.5 Å². The van der Waals surface area contributed by atoms with E-state index in [1.54, 1.807) is 39.0 Å². The number of rotatable bonds is 7. The van der Waals surface area contributed by atoms with Crippen molar-refractivity contribution >= 4 is 17.9 Å². The number of ether oxygens (including phenoxy) is 1. The molecule has 0 bridgehead atoms. The number of carbonyl (C=O) groups excluding carboxylic acids is 3. The molecule has 2 unspecified atom stereocenters. The summed E-state index contributed by atoms with van der Waals surface area (Å²) in [5.74, 6) is -1.08. The number of hydrogen-bond donors (Lipinski definition) is 3. The summed E-state index contributed by atoms with van der Waals surface area (Å²) in [6.07, 6.45) is 0.801. The van der Waals surface area contributed by atoms with Crippen molar-refractivity contribution in [1.82, 2.24) is 15.5 Å². The fraction of sp³-hybridized carbons (Fsp3) is 0.640. The molecule has 1 aliphatic carbocycles. The maximum atomic E-state index is 13.9. The lowest BCUT2D eigenvalue weighted by Crippen LogP contribution is -2.56. The van der Waals surface area contributed by atoms with Crippen molar-refractivity contribution in [3.8, 4) is 5.75 Å². The average Bonchev–Trinajstić information content (AvgIpc) is 3.46. The summed E-state index contributed by atoms with van der Waals surface area (Å²) in [6, 6.07) is 4.46. The van der Waals surface area contributed by atoms with E-state index in [2.05, 4.69) is 10.6 Å². The summed E-state index contributed by atoms with van der Waals surface area (Å²) in [6.45, 7) is 14.5. The Labute approximate surface area is 197 Å². The van der Waals surface area contributed by atoms with Crippen LogP contribution in [0.2, 0.25) is 0 Å². The fourth-order valence-corrected chi connectivity index (χ4v) is 3.55. The predicted octanol–water partition coefficient (Wildman–Crippen LogP) is 3.89. The monoisotopic (exact) mass is 461 g/mol. The standard InChI is InChI=1S/C25H39N3O5/c1-15(2)19(26-23(32)33-25(6,7)8)22(31)28(16-13-14-16)20(21(30)27-24(3,4)5)17-11-9-10-12-18(17)29/h9-12,15-16,19-20,29H,13-14H2,1-8H3,(H,26,32)(H,27,30). The predicted molar refractivity (Wildman–Crippen MR) is 127 cm³/mol. The SMILES string of the molecule is CC(C)C(NC(=O)OC(C)(C)C)C(=O)N(C1CC1)C(C(=O)NC(C)(C)C)c1ccccc1O. The van der Waals surface area contributed by atoms with Gasteiger partial charge in [-0.15, -0.1) is 0 Å². The molecule has 3 amide bonds. The second kappa shape index (κ2) is 10.0. The Morgan fingerprint density at radius 3 is 2.09 bits per heavy atom. The number of phenols is 1. The fourth-order valence-electron chi connectivity index (χ4n) is 3.55. The number of para-hydroxylation sites is 1. The van der Waals surface area contributed by atoms with Crippen LogP contribution in [0.4, 0.5) is 4.79 Å². The molecule has 8 heteroatoms. The molecule has 1 aromatic carbocycles. The first kappa shape index (κ1) is 26.5. The smallest absolute Gasteiger partial charge is 0.408 e. The van der Waals surface area contributed by atoms with Gasteiger partial charge in [-0.2, -0.15) is 0 Å². The third kappa shape index (κ3) is 7.65. The van der Waals surface area contributed by atoms with Gasteiger partial charge in [-0.3, -0.25) is 9.59 Å². The van der Waals surface area contributed by atoms with Crippen LogP contribution in [0.25, 0.3) is 0 Å². The molecule has 0 heterocycles. The highest BCUT2D eigenvalue weighted by molar-refractivity contribution is 5.93. The minimum Gasteiger partial charge on any atom is -0.508 e. The van der Waals surface area contributed by atoms with Crippen molar-refractivity contribution in [3.05, 3.63) is 29.8 Å². The minimum absolute atomic E-state index is 0.0637. The summed E-state index contributed by atoms with van der Waals surface area (Å²) in [5, 5.41) is 16.2. The Morgan fingerprint density at radius 1 is 1.06 bits per heavy atom. The molecule has 1 aromatic rings. The summed E-state index contributed by atoms with van der Waals surface area (Å²) < 4.78 is 5.36. The first-order valence-electron chi connectivity index (χ1n) is 11.5. The van der Waals surface area contributed by atoms with Crippen LogP contribution in [0.5, 0.6) is 5.75 Å². The van der Waals surface area contributed by atoms with Crippen LogP contribution in [0.1, 0.15) is 79.8 Å². The molecule has 1 saturated carbocycles. The zero-order valence-corrected chi connectivity index (χ0v) is 21.1. The van der Waals surface area contributed by atoms with Crippen LogP contribution in [0, 0.1) is 5.92 Å². The summed E-state index contributed by atoms with van der Waals surface area (Å²) in [5.41, 5.74) is -0.903. The molecule has 2 atom stereocenters. The van der Waals surface area contributed by atoms with Gasteiger partial charge in [0.05, 0.1) is 0 Å². The number of carbonyl (C=O) groups is 3. The molecule has 8 nitrogen and oxygen atoms in total. The molecule has 1 fully saturated rings. The molecular weight excluding hydrogens is 422 g/mol. The van der Waals surface area contributed by atoms with E-state index in [0.717, 1.165) is 12.8 Å². The molecule has 2 rings (SSSR count). The van der Waals surface area contributed by atoms with Crippen molar-refractivity contribution in [1.29, 1.82) is 0 Å². The number of hydrogen-bond acceptors (Lipinski definition) is 5. The molecular formula is C25H39N3O5. The zero-order chi connectivity index (χ0) is 25.1. The second-order valence-electron chi connectivity index (χ2n) is 11.0. The molecule has 0 aromatic heterocycles. The maximum absolute atomic E-state index is 13.9. The molecule has 0 saturated heterocycles. The molecule has 0 radical (unpaired) electrons. The van der Waals surface area contributed by atoms with Gasteiger partial charge in [-0.05, 0) is 66.4 Å². The van der Waals surface area contributed by atoms with Crippen LogP contribution in [-0.2, 0) is 14.3 Å². The highest BCUT2D eigenvalue weighted by Gasteiger charge is 2.45. The van der Waals surface area contributed by atoms with Gasteiger partial charge in [0, 0.05) is 17.1 Å². The third-order valence-corrected chi connectivity index (χ3v) is 5.06. The zero-order valence-electron chi connectivity index (χ0n) is 21.1. The van der Waals surface area contributed by atoms with Crippen LogP contribution >= 0.6 is 0 Å². The van der Waals surface area contributed by atoms with E-state index in [1.165, 1.54) is 11.0 Å². The van der Waals surface area contributed by atoms with Gasteiger partial charge in [0.2, 0.25) is 11.8 Å². The molecule has 0 spiro atoms. The van der Waals surface area contributed by atoms with Gasteiger partial charge in [0.15, 0.2) is 0 Å². The van der Waals surface area contributed by atoms with Gasteiger partial charge in [-0.1, -0.05) is 32.0 Å². The van der Waals surface area contributed by atoms with Gasteiger partial charge in [0.25, 0.3) is 0 Å². The number of amides is 3. The van der Waals surface area contributed by atoms with Crippen molar-refractivity contribution < 1.29 is 24.2 Å². The van der Waals surface area contributed by atoms with Crippen molar-refractivity contribution in [2.24, 2.45) is 5.92 Å². The maximum Gasteiger partial charge on any atom is 0.408 e. The normalized spacial score (nSPS) is 16.0. The molecule has 33 heavy (non-hydrogen) atoms. The first-order valence-corrected chi connectivity index (χ1v) is 11.5. The van der Waals surface area contributed by atoms with Crippen molar-refractivity contribution in [2.45, 2.75) is 97.5 Å². The average molecular weight is 462 g/mol. The van der Waals surface area contributed by atoms with Crippen LogP contribution in [-0.4, -0.2) is 51.1 Å². The Bertz CT molecular complexity index is 866. The van der Waals surface area contributed by atoms with Gasteiger partial charge < -0.3 is 25.4 Å². The number of nitrogens with one attached hydrogen (secondary N) is 2. The highest BCUT2D eigenvalue weighted by atomic mass is 16.6. The molecule has 184 valence electrons. The highest BCUT2D eigenvalue weighted by Crippen LogP contribution is 2.38. The summed E-state index contributed by atoms with van der Waals surface area (Å²) in [7, 11) is 0. The number of phenolic OH excluding ortho intramolecular Hbond substituents is 1. The molecule has 0 aliphatic heterocycles. The summed E-state index contributed by atoms with van der Waals surface area (Å²) in [4.78, 5) is 41.3. The van der Waals surface area contributed by atoms with E-state index >= 15 is 0 Å². The number of benzene rings is 1. The van der Waals surface area contributed by atoms with E-state index in [9.17, 15) is 19.5 Å². The minimum atomic E-state index is -1.04. The Morgan fingerprint density at radius 2 is 1.64 bits per heavy atom. The van der Waals surface area contributed by atoms with Gasteiger partial charge in [-0.25, -0.2) is 4.79 Å². The Balaban J connectivity index is 2.46. The van der Waals surface area contributed by atoms with Crippen LogP contribution in [0.3, 0.4) is 0 Å². The molecule has 1 aliphatic rings. The lowest BCUT2D eigenvalue weighted by Gasteiger charge is -2.37. The third-order valence-electron chi connectivity index (χ3n) is 5.06. The Kier molecular flexibility index (Phi) is 8.04. The lowest BCUT2D eigenvalue weighted by molar-refractivity contribution is -0.144. The molecule has 3 N–H and O–H groups in total. The van der Waals surface area contributed by atoms with E-state index in [0.29, 0.717) is 5.56 Å².